The van der Waals surface area contributed by atoms with Crippen molar-refractivity contribution in [1.29, 1.82) is 0 Å². The van der Waals surface area contributed by atoms with Crippen LogP contribution in [0.1, 0.15) is 22.6 Å². The van der Waals surface area contributed by atoms with Gasteiger partial charge in [0.1, 0.15) is 5.76 Å². The Morgan fingerprint density at radius 2 is 1.82 bits per heavy atom. The third kappa shape index (κ3) is 4.14. The van der Waals surface area contributed by atoms with E-state index in [1.165, 1.54) is 0 Å². The summed E-state index contributed by atoms with van der Waals surface area (Å²) >= 11 is 0. The molecule has 0 atom stereocenters. The van der Waals surface area contributed by atoms with Crippen LogP contribution in [0.4, 0.5) is 5.69 Å². The van der Waals surface area contributed by atoms with Crippen molar-refractivity contribution < 1.29 is 23.4 Å². The van der Waals surface area contributed by atoms with Crippen LogP contribution in [-0.2, 0) is 11.3 Å². The third-order valence-electron chi connectivity index (χ3n) is 5.99. The second-order valence-electron chi connectivity index (χ2n) is 8.54. The summed E-state index contributed by atoms with van der Waals surface area (Å²) in [5.74, 6) is 3.07. The van der Waals surface area contributed by atoms with Crippen molar-refractivity contribution in [1.82, 2.24) is 9.88 Å². The molecule has 1 fully saturated rings. The van der Waals surface area contributed by atoms with Crippen LogP contribution in [0.15, 0.2) is 34.7 Å². The predicted octanol–water partition coefficient (Wildman–Crippen LogP) is 3.85. The number of methoxy groups -OCH3 is 1. The van der Waals surface area contributed by atoms with E-state index in [0.29, 0.717) is 42.8 Å². The summed E-state index contributed by atoms with van der Waals surface area (Å²) in [5.41, 5.74) is 4.85. The fourth-order valence-corrected chi connectivity index (χ4v) is 4.40. The number of piperazine rings is 1. The number of ether oxygens (including phenoxy) is 3. The van der Waals surface area contributed by atoms with Gasteiger partial charge < -0.3 is 23.5 Å². The molecule has 8 heteroatoms. The van der Waals surface area contributed by atoms with Crippen molar-refractivity contribution in [3.05, 3.63) is 52.9 Å². The van der Waals surface area contributed by atoms with Gasteiger partial charge in [0.05, 0.1) is 19.3 Å². The molecule has 8 nitrogen and oxygen atoms in total. The molecule has 2 aromatic carbocycles. The minimum absolute atomic E-state index is 0.0909. The second kappa shape index (κ2) is 8.44. The zero-order chi connectivity index (χ0) is 23.1. The number of hydrogen-bond donors (Lipinski definition) is 0. The van der Waals surface area contributed by atoms with Crippen molar-refractivity contribution in [2.24, 2.45) is 0 Å². The number of aromatic nitrogens is 1. The Kier molecular flexibility index (Phi) is 5.46. The molecular weight excluding hydrogens is 422 g/mol. The Balaban J connectivity index is 1.31. The van der Waals surface area contributed by atoms with Crippen LogP contribution in [0.25, 0.3) is 11.5 Å². The highest BCUT2D eigenvalue weighted by atomic mass is 16.7. The van der Waals surface area contributed by atoms with E-state index in [0.717, 1.165) is 40.4 Å². The van der Waals surface area contributed by atoms with E-state index in [1.54, 1.807) is 7.11 Å². The van der Waals surface area contributed by atoms with Gasteiger partial charge >= 0.3 is 0 Å². The summed E-state index contributed by atoms with van der Waals surface area (Å²) in [7, 11) is 1.59. The molecule has 0 radical (unpaired) electrons. The summed E-state index contributed by atoms with van der Waals surface area (Å²) in [6.07, 6.45) is 0. The van der Waals surface area contributed by atoms with E-state index in [-0.39, 0.29) is 12.7 Å². The van der Waals surface area contributed by atoms with Gasteiger partial charge in [-0.3, -0.25) is 9.69 Å². The molecule has 0 bridgehead atoms. The molecule has 0 spiro atoms. The lowest BCUT2D eigenvalue weighted by Crippen LogP contribution is -2.50. The van der Waals surface area contributed by atoms with Crippen LogP contribution in [-0.4, -0.2) is 49.3 Å². The molecule has 1 saturated heterocycles. The molecule has 2 aliphatic heterocycles. The zero-order valence-corrected chi connectivity index (χ0v) is 19.3. The molecule has 3 heterocycles. The van der Waals surface area contributed by atoms with Gasteiger partial charge in [0, 0.05) is 30.9 Å². The van der Waals surface area contributed by atoms with Gasteiger partial charge in [-0.15, -0.1) is 0 Å². The standard InChI is InChI=1S/C25H27N3O5/c1-15-7-16(2)9-19(8-15)28-6-5-27(13-23(28)29)12-20-17(3)33-25(26-20)18-10-21(30-4)24-22(11-18)31-14-32-24/h7-11H,5-6,12-14H2,1-4H3. The molecule has 0 saturated carbocycles. The predicted molar refractivity (Wildman–Crippen MR) is 123 cm³/mol. The number of aryl methyl sites for hydroxylation is 3. The lowest BCUT2D eigenvalue weighted by atomic mass is 10.1. The van der Waals surface area contributed by atoms with E-state index in [9.17, 15) is 4.79 Å². The number of fused-ring (bicyclic) bond motifs is 1. The van der Waals surface area contributed by atoms with Crippen molar-refractivity contribution >= 4 is 11.6 Å². The Bertz CT molecular complexity index is 1200. The molecule has 1 amide bonds. The fraction of sp³-hybridized carbons (Fsp3) is 0.360. The van der Waals surface area contributed by atoms with Crippen LogP contribution in [0.5, 0.6) is 17.2 Å². The van der Waals surface area contributed by atoms with Crippen molar-refractivity contribution in [2.75, 3.05) is 38.4 Å². The maximum absolute atomic E-state index is 12.9. The highest BCUT2D eigenvalue weighted by Gasteiger charge is 2.27. The molecule has 0 unspecified atom stereocenters. The van der Waals surface area contributed by atoms with Crippen LogP contribution >= 0.6 is 0 Å². The Labute approximate surface area is 192 Å². The highest BCUT2D eigenvalue weighted by Crippen LogP contribution is 2.44. The molecule has 1 aromatic heterocycles. The number of carbonyl (C=O) groups excluding carboxylic acids is 1. The summed E-state index contributed by atoms with van der Waals surface area (Å²) in [5, 5.41) is 0. The summed E-state index contributed by atoms with van der Waals surface area (Å²) < 4.78 is 22.4. The average Bonchev–Trinajstić information content (AvgIpc) is 3.39. The lowest BCUT2D eigenvalue weighted by Gasteiger charge is -2.34. The maximum Gasteiger partial charge on any atom is 0.241 e. The monoisotopic (exact) mass is 449 g/mol. The van der Waals surface area contributed by atoms with Crippen LogP contribution < -0.4 is 19.1 Å². The molecule has 0 aliphatic carbocycles. The van der Waals surface area contributed by atoms with E-state index >= 15 is 0 Å². The first-order valence-electron chi connectivity index (χ1n) is 11.0. The van der Waals surface area contributed by atoms with Crippen molar-refractivity contribution in [3.8, 4) is 28.7 Å². The topological polar surface area (TPSA) is 77.3 Å². The number of carbonyl (C=O) groups is 1. The zero-order valence-electron chi connectivity index (χ0n) is 19.3. The average molecular weight is 450 g/mol. The number of nitrogens with zero attached hydrogens (tertiary/aromatic N) is 3. The van der Waals surface area contributed by atoms with Crippen LogP contribution in [0, 0.1) is 20.8 Å². The summed E-state index contributed by atoms with van der Waals surface area (Å²) in [4.78, 5) is 21.6. The molecule has 172 valence electrons. The smallest absolute Gasteiger partial charge is 0.241 e. The Morgan fingerprint density at radius 1 is 1.03 bits per heavy atom. The van der Waals surface area contributed by atoms with E-state index in [1.807, 2.05) is 24.0 Å². The van der Waals surface area contributed by atoms with Gasteiger partial charge in [-0.1, -0.05) is 6.07 Å². The number of hydrogen-bond acceptors (Lipinski definition) is 7. The van der Waals surface area contributed by atoms with Gasteiger partial charge in [0.25, 0.3) is 0 Å². The molecule has 0 N–H and O–H groups in total. The van der Waals surface area contributed by atoms with E-state index < -0.39 is 0 Å². The molecule has 3 aromatic rings. The van der Waals surface area contributed by atoms with Crippen LogP contribution in [0.2, 0.25) is 0 Å². The molecular formula is C25H27N3O5. The van der Waals surface area contributed by atoms with E-state index in [4.69, 9.17) is 23.6 Å². The normalized spacial score (nSPS) is 15.9. The van der Waals surface area contributed by atoms with Crippen LogP contribution in [0.3, 0.4) is 0 Å². The third-order valence-corrected chi connectivity index (χ3v) is 5.99. The molecule has 5 rings (SSSR count). The molecule has 2 aliphatic rings. The van der Waals surface area contributed by atoms with Gasteiger partial charge in [-0.2, -0.15) is 0 Å². The minimum atomic E-state index is 0.0909. The number of benzene rings is 2. The Morgan fingerprint density at radius 3 is 2.55 bits per heavy atom. The number of rotatable bonds is 5. The summed E-state index contributed by atoms with van der Waals surface area (Å²) in [6.45, 7) is 8.45. The fourth-order valence-electron chi connectivity index (χ4n) is 4.40. The largest absolute Gasteiger partial charge is 0.493 e. The first-order chi connectivity index (χ1) is 15.9. The number of oxazole rings is 1. The van der Waals surface area contributed by atoms with Crippen molar-refractivity contribution in [2.45, 2.75) is 27.3 Å². The minimum Gasteiger partial charge on any atom is -0.493 e. The molecule has 33 heavy (non-hydrogen) atoms. The van der Waals surface area contributed by atoms with Gasteiger partial charge in [0.15, 0.2) is 11.5 Å². The van der Waals surface area contributed by atoms with Gasteiger partial charge in [-0.25, -0.2) is 4.98 Å². The summed E-state index contributed by atoms with van der Waals surface area (Å²) in [6, 6.07) is 9.91. The highest BCUT2D eigenvalue weighted by molar-refractivity contribution is 5.95. The number of amides is 1. The first-order valence-corrected chi connectivity index (χ1v) is 11.0. The Hall–Kier alpha value is -3.52. The van der Waals surface area contributed by atoms with E-state index in [2.05, 4.69) is 36.9 Å². The number of anilines is 1. The lowest BCUT2D eigenvalue weighted by molar-refractivity contribution is -0.121. The van der Waals surface area contributed by atoms with Gasteiger partial charge in [-0.05, 0) is 56.2 Å². The van der Waals surface area contributed by atoms with Crippen molar-refractivity contribution in [3.63, 3.8) is 0 Å². The first kappa shape index (κ1) is 21.3. The second-order valence-corrected chi connectivity index (χ2v) is 8.54. The van der Waals surface area contributed by atoms with Gasteiger partial charge in [0.2, 0.25) is 24.3 Å². The quantitative estimate of drug-likeness (QED) is 0.585. The SMILES string of the molecule is COc1cc(-c2nc(CN3CCN(c4cc(C)cc(C)c4)C(=O)C3)c(C)o2)cc2c1OCO2. The maximum atomic E-state index is 12.9.